The zero-order valence-corrected chi connectivity index (χ0v) is 10.9. The van der Waals surface area contributed by atoms with Crippen LogP contribution in [-0.2, 0) is 14.3 Å². The number of hydrogen-bond donors (Lipinski definition) is 2. The molecule has 0 aromatic carbocycles. The average molecular weight is 297 g/mol. The van der Waals surface area contributed by atoms with Crippen LogP contribution in [0.15, 0.2) is 0 Å². The topological polar surface area (TPSA) is 75.6 Å². The molecule has 0 aliphatic heterocycles. The fraction of sp³-hybridized carbons (Fsp3) is 0.833. The fourth-order valence-corrected chi connectivity index (χ4v) is 2.23. The summed E-state index contributed by atoms with van der Waals surface area (Å²) in [5.74, 6) is -2.11. The zero-order chi connectivity index (χ0) is 15.2. The smallest absolute Gasteiger partial charge is 0.411 e. The first kappa shape index (κ1) is 16.7. The second-order valence-electron chi connectivity index (χ2n) is 4.86. The van der Waals surface area contributed by atoms with Crippen LogP contribution in [0.2, 0.25) is 0 Å². The SMILES string of the molecule is O=C(O)[C@H]1CCC[C@H](C(=O)NCCOCC(F)(F)F)C1. The van der Waals surface area contributed by atoms with Crippen LogP contribution in [0.5, 0.6) is 0 Å². The molecule has 116 valence electrons. The van der Waals surface area contributed by atoms with Gasteiger partial charge in [0.1, 0.15) is 6.61 Å². The lowest BCUT2D eigenvalue weighted by Crippen LogP contribution is -2.37. The number of ether oxygens (including phenoxy) is 1. The lowest BCUT2D eigenvalue weighted by Gasteiger charge is -2.25. The van der Waals surface area contributed by atoms with E-state index in [1.165, 1.54) is 0 Å². The van der Waals surface area contributed by atoms with Gasteiger partial charge in [0, 0.05) is 12.5 Å². The summed E-state index contributed by atoms with van der Waals surface area (Å²) in [6.45, 7) is -1.57. The Bertz CT molecular complexity index is 346. The predicted molar refractivity (Wildman–Crippen MR) is 63.0 cm³/mol. The van der Waals surface area contributed by atoms with Gasteiger partial charge in [0.25, 0.3) is 0 Å². The highest BCUT2D eigenvalue weighted by Crippen LogP contribution is 2.29. The molecule has 20 heavy (non-hydrogen) atoms. The minimum Gasteiger partial charge on any atom is -0.481 e. The number of alkyl halides is 3. The third kappa shape index (κ3) is 6.23. The molecule has 8 heteroatoms. The van der Waals surface area contributed by atoms with Crippen LogP contribution in [0.4, 0.5) is 13.2 Å². The number of carboxylic acids is 1. The van der Waals surface area contributed by atoms with Crippen LogP contribution in [0.3, 0.4) is 0 Å². The fourth-order valence-electron chi connectivity index (χ4n) is 2.23. The van der Waals surface area contributed by atoms with Crippen molar-refractivity contribution in [2.24, 2.45) is 11.8 Å². The van der Waals surface area contributed by atoms with E-state index < -0.39 is 24.7 Å². The first-order valence-corrected chi connectivity index (χ1v) is 6.44. The molecule has 1 rings (SSSR count). The van der Waals surface area contributed by atoms with Gasteiger partial charge in [-0.25, -0.2) is 0 Å². The molecule has 1 aliphatic rings. The van der Waals surface area contributed by atoms with Gasteiger partial charge < -0.3 is 15.2 Å². The third-order valence-electron chi connectivity index (χ3n) is 3.21. The van der Waals surface area contributed by atoms with E-state index in [-0.39, 0.29) is 31.4 Å². The Morgan fingerprint density at radius 3 is 2.50 bits per heavy atom. The average Bonchev–Trinajstić information content (AvgIpc) is 2.37. The van der Waals surface area contributed by atoms with Gasteiger partial charge in [0.05, 0.1) is 12.5 Å². The molecule has 1 amide bonds. The molecule has 0 saturated heterocycles. The molecule has 0 aromatic heterocycles. The Morgan fingerprint density at radius 1 is 1.25 bits per heavy atom. The van der Waals surface area contributed by atoms with Crippen LogP contribution in [0.1, 0.15) is 25.7 Å². The molecule has 1 aliphatic carbocycles. The van der Waals surface area contributed by atoms with E-state index in [9.17, 15) is 22.8 Å². The highest BCUT2D eigenvalue weighted by Gasteiger charge is 2.31. The Kier molecular flexibility index (Phi) is 6.25. The van der Waals surface area contributed by atoms with E-state index in [1.54, 1.807) is 0 Å². The Morgan fingerprint density at radius 2 is 1.90 bits per heavy atom. The molecule has 0 aromatic rings. The van der Waals surface area contributed by atoms with Gasteiger partial charge in [0.15, 0.2) is 0 Å². The molecule has 2 N–H and O–H groups in total. The Hall–Kier alpha value is -1.31. The minimum absolute atomic E-state index is 0.0108. The summed E-state index contributed by atoms with van der Waals surface area (Å²) in [6.07, 6.45) is -2.25. The molecule has 0 bridgehead atoms. The summed E-state index contributed by atoms with van der Waals surface area (Å²) in [6, 6.07) is 0. The molecule has 0 spiro atoms. The van der Waals surface area contributed by atoms with Crippen LogP contribution in [-0.4, -0.2) is 42.9 Å². The van der Waals surface area contributed by atoms with Crippen molar-refractivity contribution in [2.75, 3.05) is 19.8 Å². The summed E-state index contributed by atoms with van der Waals surface area (Å²) in [5, 5.41) is 11.4. The van der Waals surface area contributed by atoms with Crippen molar-refractivity contribution in [1.29, 1.82) is 0 Å². The van der Waals surface area contributed by atoms with Gasteiger partial charge in [0.2, 0.25) is 5.91 Å². The normalized spacial score (nSPS) is 23.4. The van der Waals surface area contributed by atoms with Gasteiger partial charge >= 0.3 is 12.1 Å². The molecular formula is C12H18F3NO4. The van der Waals surface area contributed by atoms with Crippen LogP contribution >= 0.6 is 0 Å². The van der Waals surface area contributed by atoms with Crippen molar-refractivity contribution in [3.05, 3.63) is 0 Å². The summed E-state index contributed by atoms with van der Waals surface area (Å²) in [5.41, 5.74) is 0. The highest BCUT2D eigenvalue weighted by atomic mass is 19.4. The maximum absolute atomic E-state index is 11.8. The van der Waals surface area contributed by atoms with Crippen LogP contribution in [0.25, 0.3) is 0 Å². The number of hydrogen-bond acceptors (Lipinski definition) is 3. The van der Waals surface area contributed by atoms with Gasteiger partial charge in [-0.15, -0.1) is 0 Å². The first-order valence-electron chi connectivity index (χ1n) is 6.44. The van der Waals surface area contributed by atoms with Crippen molar-refractivity contribution < 1.29 is 32.6 Å². The molecule has 0 heterocycles. The number of carbonyl (C=O) groups is 2. The summed E-state index contributed by atoms with van der Waals surface area (Å²) < 4.78 is 39.7. The van der Waals surface area contributed by atoms with Crippen molar-refractivity contribution in [3.8, 4) is 0 Å². The number of carbonyl (C=O) groups excluding carboxylic acids is 1. The molecule has 0 radical (unpaired) electrons. The highest BCUT2D eigenvalue weighted by molar-refractivity contribution is 5.80. The lowest BCUT2D eigenvalue weighted by atomic mass is 9.81. The number of rotatable bonds is 6. The molecule has 1 fully saturated rings. The van der Waals surface area contributed by atoms with Gasteiger partial charge in [-0.2, -0.15) is 13.2 Å². The van der Waals surface area contributed by atoms with E-state index in [2.05, 4.69) is 10.1 Å². The number of halogens is 3. The molecule has 5 nitrogen and oxygen atoms in total. The summed E-state index contributed by atoms with van der Waals surface area (Å²) >= 11 is 0. The molecule has 2 atom stereocenters. The maximum Gasteiger partial charge on any atom is 0.411 e. The molecule has 1 saturated carbocycles. The predicted octanol–water partition coefficient (Wildman–Crippen LogP) is 1.57. The van der Waals surface area contributed by atoms with Crippen molar-refractivity contribution in [3.63, 3.8) is 0 Å². The van der Waals surface area contributed by atoms with E-state index in [0.717, 1.165) is 0 Å². The number of aliphatic carboxylic acids is 1. The quantitative estimate of drug-likeness (QED) is 0.730. The second-order valence-corrected chi connectivity index (χ2v) is 4.86. The second kappa shape index (κ2) is 7.47. The number of carboxylic acid groups (broad SMARTS) is 1. The monoisotopic (exact) mass is 297 g/mol. The molecule has 0 unspecified atom stereocenters. The van der Waals surface area contributed by atoms with E-state index in [4.69, 9.17) is 5.11 Å². The van der Waals surface area contributed by atoms with E-state index in [0.29, 0.717) is 19.3 Å². The zero-order valence-electron chi connectivity index (χ0n) is 10.9. The maximum atomic E-state index is 11.8. The van der Waals surface area contributed by atoms with Crippen LogP contribution in [0, 0.1) is 11.8 Å². The van der Waals surface area contributed by atoms with Crippen molar-refractivity contribution in [1.82, 2.24) is 5.32 Å². The van der Waals surface area contributed by atoms with E-state index in [1.807, 2.05) is 0 Å². The lowest BCUT2D eigenvalue weighted by molar-refractivity contribution is -0.173. The van der Waals surface area contributed by atoms with Crippen molar-refractivity contribution in [2.45, 2.75) is 31.9 Å². The number of nitrogens with one attached hydrogen (secondary N) is 1. The largest absolute Gasteiger partial charge is 0.481 e. The van der Waals surface area contributed by atoms with Gasteiger partial charge in [-0.3, -0.25) is 9.59 Å². The van der Waals surface area contributed by atoms with Gasteiger partial charge in [-0.05, 0) is 19.3 Å². The minimum atomic E-state index is -4.37. The summed E-state index contributed by atoms with van der Waals surface area (Å²) in [7, 11) is 0. The third-order valence-corrected chi connectivity index (χ3v) is 3.21. The number of amides is 1. The standard InChI is InChI=1S/C12H18F3NO4/c13-12(14,15)7-20-5-4-16-10(17)8-2-1-3-9(6-8)11(18)19/h8-9H,1-7H2,(H,16,17)(H,18,19)/t8-,9-/m0/s1. The summed E-state index contributed by atoms with van der Waals surface area (Å²) in [4.78, 5) is 22.6. The Labute approximate surface area is 114 Å². The van der Waals surface area contributed by atoms with Gasteiger partial charge in [-0.1, -0.05) is 6.42 Å². The van der Waals surface area contributed by atoms with Crippen LogP contribution < -0.4 is 5.32 Å². The first-order chi connectivity index (χ1) is 9.29. The van der Waals surface area contributed by atoms with E-state index >= 15 is 0 Å². The van der Waals surface area contributed by atoms with Crippen molar-refractivity contribution >= 4 is 11.9 Å². The Balaban J connectivity index is 2.20. The molecular weight excluding hydrogens is 279 g/mol.